The van der Waals surface area contributed by atoms with E-state index in [1.165, 1.54) is 0 Å². The molecule has 274 valence electrons. The van der Waals surface area contributed by atoms with Crippen molar-refractivity contribution in [1.82, 2.24) is 10.2 Å². The van der Waals surface area contributed by atoms with Crippen LogP contribution < -0.4 is 16.4 Å². The third-order valence-electron chi connectivity index (χ3n) is 9.30. The maximum atomic E-state index is 12.6. The van der Waals surface area contributed by atoms with Gasteiger partial charge in [0.1, 0.15) is 0 Å². The maximum absolute atomic E-state index is 12.6. The molecule has 4 aromatic rings. The van der Waals surface area contributed by atoms with E-state index < -0.39 is 6.29 Å². The molecule has 9 heteroatoms. The fourth-order valence-electron chi connectivity index (χ4n) is 6.41. The van der Waals surface area contributed by atoms with Gasteiger partial charge in [-0.3, -0.25) is 9.59 Å². The van der Waals surface area contributed by atoms with E-state index in [0.717, 1.165) is 78.6 Å². The lowest BCUT2D eigenvalue weighted by molar-refractivity contribution is -0.252. The Kier molecular flexibility index (Phi) is 14.6. The Morgan fingerprint density at radius 2 is 1.56 bits per heavy atom. The standard InChI is InChI=1S/C43H52N4O5/c1-3-25-47(2)29-37-27-40(34-19-17-31(30-48)18-20-34)52-43(51-37)35-23-21-33(22-24-35)36-12-10-11-32(26-36)28-45-41(49)15-6-4-5-7-16-42(50)46-39-14-9-8-13-38(39)44/h3,8-14,17-24,26,37,40,43,48H,1,4-7,15-16,25,27-30,44H2,2H3,(H,45,49)(H,46,50). The lowest BCUT2D eigenvalue weighted by Gasteiger charge is -2.37. The van der Waals surface area contributed by atoms with Crippen LogP contribution in [0.3, 0.4) is 0 Å². The zero-order chi connectivity index (χ0) is 36.7. The van der Waals surface area contributed by atoms with Crippen molar-refractivity contribution in [1.29, 1.82) is 0 Å². The summed E-state index contributed by atoms with van der Waals surface area (Å²) < 4.78 is 13.0. The Morgan fingerprint density at radius 3 is 2.27 bits per heavy atom. The van der Waals surface area contributed by atoms with Crippen molar-refractivity contribution in [3.05, 3.63) is 132 Å². The highest BCUT2D eigenvalue weighted by atomic mass is 16.7. The first kappa shape index (κ1) is 38.4. The van der Waals surface area contributed by atoms with Gasteiger partial charge in [0.2, 0.25) is 11.8 Å². The number of aliphatic hydroxyl groups is 1. The van der Waals surface area contributed by atoms with E-state index in [-0.39, 0.29) is 30.6 Å². The molecule has 0 bridgehead atoms. The first-order valence-corrected chi connectivity index (χ1v) is 18.2. The third kappa shape index (κ3) is 11.6. The van der Waals surface area contributed by atoms with Crippen molar-refractivity contribution >= 4 is 23.2 Å². The fourth-order valence-corrected chi connectivity index (χ4v) is 6.41. The van der Waals surface area contributed by atoms with Gasteiger partial charge < -0.3 is 35.8 Å². The van der Waals surface area contributed by atoms with Crippen molar-refractivity contribution in [2.24, 2.45) is 0 Å². The summed E-state index contributed by atoms with van der Waals surface area (Å²) in [6.07, 6.45) is 6.14. The topological polar surface area (TPSA) is 126 Å². The summed E-state index contributed by atoms with van der Waals surface area (Å²) in [6.45, 7) is 5.86. The number of ether oxygens (including phenoxy) is 2. The average Bonchev–Trinajstić information content (AvgIpc) is 3.16. The zero-order valence-electron chi connectivity index (χ0n) is 30.1. The molecule has 5 N–H and O–H groups in total. The van der Waals surface area contributed by atoms with E-state index in [4.69, 9.17) is 15.2 Å². The number of nitrogens with zero attached hydrogens (tertiary/aromatic N) is 1. The number of carbonyl (C=O) groups is 2. The molecule has 4 aromatic carbocycles. The number of amides is 2. The van der Waals surface area contributed by atoms with E-state index in [2.05, 4.69) is 65.6 Å². The number of nitrogen functional groups attached to an aromatic ring is 1. The molecule has 5 rings (SSSR count). The normalized spacial score (nSPS) is 17.1. The molecule has 1 fully saturated rings. The van der Waals surface area contributed by atoms with Crippen molar-refractivity contribution in [2.45, 2.75) is 76.6 Å². The van der Waals surface area contributed by atoms with E-state index in [1.54, 1.807) is 12.1 Å². The molecule has 0 spiro atoms. The Hall–Kier alpha value is -4.80. The number of benzene rings is 4. The lowest BCUT2D eigenvalue weighted by Crippen LogP contribution is -2.37. The van der Waals surface area contributed by atoms with Gasteiger partial charge in [0.05, 0.1) is 30.2 Å². The van der Waals surface area contributed by atoms with Crippen LogP contribution in [0.25, 0.3) is 11.1 Å². The highest BCUT2D eigenvalue weighted by molar-refractivity contribution is 5.93. The summed E-state index contributed by atoms with van der Waals surface area (Å²) in [7, 11) is 2.06. The van der Waals surface area contributed by atoms with Crippen LogP contribution in [-0.2, 0) is 32.2 Å². The molecule has 3 atom stereocenters. The first-order chi connectivity index (χ1) is 25.3. The number of nitrogens with one attached hydrogen (secondary N) is 2. The van der Waals surface area contributed by atoms with Crippen molar-refractivity contribution in [3.63, 3.8) is 0 Å². The smallest absolute Gasteiger partial charge is 0.224 e. The van der Waals surface area contributed by atoms with Crippen LogP contribution in [0.1, 0.15) is 79.6 Å². The summed E-state index contributed by atoms with van der Waals surface area (Å²) in [5.74, 6) is -0.0231. The van der Waals surface area contributed by atoms with Crippen LogP contribution in [0.2, 0.25) is 0 Å². The van der Waals surface area contributed by atoms with Gasteiger partial charge in [0.15, 0.2) is 6.29 Å². The second-order valence-corrected chi connectivity index (χ2v) is 13.5. The van der Waals surface area contributed by atoms with Crippen LogP contribution in [0.15, 0.2) is 110 Å². The molecule has 9 nitrogen and oxygen atoms in total. The first-order valence-electron chi connectivity index (χ1n) is 18.2. The van der Waals surface area contributed by atoms with Crippen LogP contribution in [0.5, 0.6) is 0 Å². The molecule has 2 amide bonds. The van der Waals surface area contributed by atoms with Crippen LogP contribution in [0.4, 0.5) is 11.4 Å². The molecule has 1 heterocycles. The molecule has 1 saturated heterocycles. The minimum Gasteiger partial charge on any atom is -0.397 e. The summed E-state index contributed by atoms with van der Waals surface area (Å²) in [6, 6.07) is 31.6. The number of anilines is 2. The monoisotopic (exact) mass is 704 g/mol. The number of hydrogen-bond acceptors (Lipinski definition) is 7. The molecule has 0 saturated carbocycles. The summed E-state index contributed by atoms with van der Waals surface area (Å²) in [4.78, 5) is 27.0. The quantitative estimate of drug-likeness (QED) is 0.0476. The van der Waals surface area contributed by atoms with Gasteiger partial charge in [-0.25, -0.2) is 0 Å². The minimum absolute atomic E-state index is 0.00853. The molecule has 0 radical (unpaired) electrons. The van der Waals surface area contributed by atoms with Gasteiger partial charge in [-0.1, -0.05) is 97.8 Å². The summed E-state index contributed by atoms with van der Waals surface area (Å²) in [5, 5.41) is 15.4. The van der Waals surface area contributed by atoms with Crippen LogP contribution in [-0.4, -0.2) is 48.1 Å². The van der Waals surface area contributed by atoms with Crippen LogP contribution >= 0.6 is 0 Å². The van der Waals surface area contributed by atoms with Gasteiger partial charge in [0.25, 0.3) is 0 Å². The second kappa shape index (κ2) is 19.7. The molecule has 1 aliphatic heterocycles. The maximum Gasteiger partial charge on any atom is 0.224 e. The predicted molar refractivity (Wildman–Crippen MR) is 207 cm³/mol. The summed E-state index contributed by atoms with van der Waals surface area (Å²) in [5.41, 5.74) is 13.1. The van der Waals surface area contributed by atoms with E-state index in [9.17, 15) is 14.7 Å². The van der Waals surface area contributed by atoms with E-state index >= 15 is 0 Å². The number of aliphatic hydroxyl groups excluding tert-OH is 1. The van der Waals surface area contributed by atoms with Crippen molar-refractivity contribution < 1.29 is 24.2 Å². The fraction of sp³-hybridized carbons (Fsp3) is 0.349. The van der Waals surface area contributed by atoms with Gasteiger partial charge in [0, 0.05) is 44.5 Å². The lowest BCUT2D eigenvalue weighted by atomic mass is 9.99. The number of hydrogen-bond donors (Lipinski definition) is 4. The van der Waals surface area contributed by atoms with E-state index in [1.807, 2.05) is 54.6 Å². The van der Waals surface area contributed by atoms with Crippen LogP contribution in [0, 0.1) is 0 Å². The molecule has 1 aliphatic rings. The Labute approximate surface area is 307 Å². The average molecular weight is 705 g/mol. The Balaban J connectivity index is 1.09. The number of unbranched alkanes of at least 4 members (excludes halogenated alkanes) is 3. The Bertz CT molecular complexity index is 1740. The highest BCUT2D eigenvalue weighted by Gasteiger charge is 2.32. The number of nitrogens with two attached hydrogens (primary N) is 1. The highest BCUT2D eigenvalue weighted by Crippen LogP contribution is 2.38. The van der Waals surface area contributed by atoms with Crippen molar-refractivity contribution in [2.75, 3.05) is 31.2 Å². The third-order valence-corrected chi connectivity index (χ3v) is 9.30. The van der Waals surface area contributed by atoms with Gasteiger partial charge in [-0.2, -0.15) is 0 Å². The van der Waals surface area contributed by atoms with Gasteiger partial charge in [-0.05, 0) is 65.9 Å². The molecule has 52 heavy (non-hydrogen) atoms. The van der Waals surface area contributed by atoms with Crippen molar-refractivity contribution in [3.8, 4) is 11.1 Å². The molecular formula is C43H52N4O5. The number of carbonyl (C=O) groups excluding carboxylic acids is 2. The largest absolute Gasteiger partial charge is 0.397 e. The number of rotatable bonds is 18. The molecular weight excluding hydrogens is 652 g/mol. The second-order valence-electron chi connectivity index (χ2n) is 13.5. The SMILES string of the molecule is C=CCN(C)CC1CC(c2ccc(CO)cc2)OC(c2ccc(-c3cccc(CNC(=O)CCCCCCC(=O)Nc4ccccc4N)c3)cc2)O1. The van der Waals surface area contributed by atoms with Gasteiger partial charge >= 0.3 is 0 Å². The predicted octanol–water partition coefficient (Wildman–Crippen LogP) is 7.69. The zero-order valence-corrected chi connectivity index (χ0v) is 30.1. The minimum atomic E-state index is -0.520. The summed E-state index contributed by atoms with van der Waals surface area (Å²) >= 11 is 0. The molecule has 3 unspecified atom stereocenters. The van der Waals surface area contributed by atoms with E-state index in [0.29, 0.717) is 30.8 Å². The molecule has 0 aromatic heterocycles. The molecule has 0 aliphatic carbocycles. The number of likely N-dealkylation sites (N-methyl/N-ethyl adjacent to an activating group) is 1. The number of para-hydroxylation sites is 2. The van der Waals surface area contributed by atoms with Gasteiger partial charge in [-0.15, -0.1) is 6.58 Å². The Morgan fingerprint density at radius 1 is 0.846 bits per heavy atom.